The Morgan fingerprint density at radius 2 is 1.72 bits per heavy atom. The molecule has 2 unspecified atom stereocenters. The maximum Gasteiger partial charge on any atom is 0.410 e. The highest BCUT2D eigenvalue weighted by Crippen LogP contribution is 2.38. The zero-order valence-corrected chi connectivity index (χ0v) is 19.2. The van der Waals surface area contributed by atoms with Gasteiger partial charge >= 0.3 is 6.09 Å². The first-order chi connectivity index (χ1) is 13.5. The lowest BCUT2D eigenvalue weighted by Crippen LogP contribution is -2.71. The minimum Gasteiger partial charge on any atom is -0.444 e. The fraction of sp³-hybridized carbons (Fsp3) is 0.909. The molecule has 2 bridgehead atoms. The summed E-state index contributed by atoms with van der Waals surface area (Å²) in [6, 6.07) is 0.427. The third kappa shape index (κ3) is 5.23. The number of amides is 2. The van der Waals surface area contributed by atoms with Crippen molar-refractivity contribution in [2.75, 3.05) is 46.3 Å². The number of carbonyl (C=O) groups is 2. The van der Waals surface area contributed by atoms with E-state index in [1.807, 2.05) is 25.7 Å². The van der Waals surface area contributed by atoms with Crippen LogP contribution in [0.1, 0.15) is 53.9 Å². The van der Waals surface area contributed by atoms with Crippen LogP contribution in [0.4, 0.5) is 4.79 Å². The maximum absolute atomic E-state index is 13.2. The predicted molar refractivity (Wildman–Crippen MR) is 114 cm³/mol. The summed E-state index contributed by atoms with van der Waals surface area (Å²) in [5.74, 6) is 0.662. The molecule has 4 rings (SSSR count). The highest BCUT2D eigenvalue weighted by molar-refractivity contribution is 5.83. The number of hydrogen-bond donors (Lipinski definition) is 1. The normalized spacial score (nSPS) is 27.5. The van der Waals surface area contributed by atoms with Gasteiger partial charge in [-0.3, -0.25) is 14.6 Å². The van der Waals surface area contributed by atoms with Gasteiger partial charge in [-0.25, -0.2) is 4.79 Å². The van der Waals surface area contributed by atoms with Crippen molar-refractivity contribution in [1.82, 2.24) is 20.0 Å². The molecule has 7 heteroatoms. The van der Waals surface area contributed by atoms with E-state index in [2.05, 4.69) is 36.0 Å². The number of hydrogen-bond acceptors (Lipinski definition) is 5. The fourth-order valence-electron chi connectivity index (χ4n) is 4.85. The van der Waals surface area contributed by atoms with E-state index >= 15 is 0 Å². The molecule has 4 saturated heterocycles. The second kappa shape index (κ2) is 8.42. The molecule has 0 aliphatic carbocycles. The fourth-order valence-corrected chi connectivity index (χ4v) is 4.85. The van der Waals surface area contributed by atoms with Crippen LogP contribution in [0.2, 0.25) is 0 Å². The van der Waals surface area contributed by atoms with Gasteiger partial charge in [0.25, 0.3) is 0 Å². The van der Waals surface area contributed by atoms with Crippen molar-refractivity contribution in [3.05, 3.63) is 0 Å². The zero-order valence-electron chi connectivity index (χ0n) is 19.2. The summed E-state index contributed by atoms with van der Waals surface area (Å²) in [4.78, 5) is 32.4. The van der Waals surface area contributed by atoms with Crippen LogP contribution in [-0.4, -0.2) is 90.7 Å². The molecule has 7 nitrogen and oxygen atoms in total. The van der Waals surface area contributed by atoms with Crippen molar-refractivity contribution in [1.29, 1.82) is 0 Å². The lowest BCUT2D eigenvalue weighted by Gasteiger charge is -2.57. The first-order valence-electron chi connectivity index (χ1n) is 11.2. The first kappa shape index (κ1) is 22.3. The number of carbonyl (C=O) groups excluding carboxylic acids is 2. The van der Waals surface area contributed by atoms with Crippen LogP contribution in [-0.2, 0) is 9.53 Å². The number of piperazine rings is 1. The van der Waals surface area contributed by atoms with Gasteiger partial charge in [-0.1, -0.05) is 13.8 Å². The van der Waals surface area contributed by atoms with Gasteiger partial charge in [0.2, 0.25) is 5.91 Å². The molecule has 4 heterocycles. The van der Waals surface area contributed by atoms with E-state index < -0.39 is 5.60 Å². The van der Waals surface area contributed by atoms with Crippen LogP contribution in [0.3, 0.4) is 0 Å². The Morgan fingerprint density at radius 1 is 1.14 bits per heavy atom. The summed E-state index contributed by atoms with van der Waals surface area (Å²) in [5.41, 5.74) is -0.782. The van der Waals surface area contributed by atoms with E-state index in [4.69, 9.17) is 4.74 Å². The summed E-state index contributed by atoms with van der Waals surface area (Å²) in [6.07, 6.45) is 2.65. The Labute approximate surface area is 176 Å². The van der Waals surface area contributed by atoms with Crippen LogP contribution < -0.4 is 5.32 Å². The Bertz CT molecular complexity index is 596. The number of piperidine rings is 2. The topological polar surface area (TPSA) is 65.1 Å². The Kier molecular flexibility index (Phi) is 6.49. The third-order valence-electron chi connectivity index (χ3n) is 6.50. The number of ether oxygens (including phenoxy) is 1. The second-order valence-corrected chi connectivity index (χ2v) is 10.8. The average molecular weight is 409 g/mol. The molecule has 4 aliphatic rings. The molecule has 0 aromatic heterocycles. The summed E-state index contributed by atoms with van der Waals surface area (Å²) >= 11 is 0. The standard InChI is InChI=1S/C22H40N4O3/c1-16(2)12-23-19(27)22(7-9-24(6)10-8-22)15-25-13-17-11-18(14-25)26(17)20(28)29-21(3,4)5/h16-18H,7-15H2,1-6H3,(H,23,27). The Morgan fingerprint density at radius 3 is 2.24 bits per heavy atom. The molecule has 0 saturated carbocycles. The van der Waals surface area contributed by atoms with Gasteiger partial charge in [0.05, 0.1) is 17.5 Å². The minimum atomic E-state index is -0.465. The maximum atomic E-state index is 13.2. The smallest absolute Gasteiger partial charge is 0.410 e. The summed E-state index contributed by atoms with van der Waals surface area (Å²) < 4.78 is 5.59. The number of nitrogens with zero attached hydrogens (tertiary/aromatic N) is 3. The van der Waals surface area contributed by atoms with E-state index in [0.717, 1.165) is 58.5 Å². The first-order valence-corrected chi connectivity index (χ1v) is 11.2. The summed E-state index contributed by atoms with van der Waals surface area (Å²) in [7, 11) is 2.13. The SMILES string of the molecule is CC(C)CNC(=O)C1(CN2CC3CC(C2)N3C(=O)OC(C)(C)C)CCN(C)CC1. The molecule has 0 aromatic carbocycles. The monoisotopic (exact) mass is 408 g/mol. The molecule has 4 fully saturated rings. The van der Waals surface area contributed by atoms with Gasteiger partial charge in [-0.05, 0) is 66.1 Å². The van der Waals surface area contributed by atoms with Crippen molar-refractivity contribution >= 4 is 12.0 Å². The van der Waals surface area contributed by atoms with Crippen LogP contribution in [0.25, 0.3) is 0 Å². The molecule has 29 heavy (non-hydrogen) atoms. The molecule has 166 valence electrons. The molecule has 0 spiro atoms. The third-order valence-corrected chi connectivity index (χ3v) is 6.50. The molecule has 0 radical (unpaired) electrons. The van der Waals surface area contributed by atoms with Gasteiger partial charge in [0, 0.05) is 26.2 Å². The van der Waals surface area contributed by atoms with Gasteiger partial charge in [0.1, 0.15) is 5.60 Å². The highest BCUT2D eigenvalue weighted by Gasteiger charge is 2.51. The molecular formula is C22H40N4O3. The van der Waals surface area contributed by atoms with Crippen LogP contribution in [0.15, 0.2) is 0 Å². The van der Waals surface area contributed by atoms with Crippen molar-refractivity contribution in [3.8, 4) is 0 Å². The van der Waals surface area contributed by atoms with Crippen molar-refractivity contribution in [2.24, 2.45) is 11.3 Å². The lowest BCUT2D eigenvalue weighted by atomic mass is 9.75. The molecular weight excluding hydrogens is 368 g/mol. The van der Waals surface area contributed by atoms with Crippen molar-refractivity contribution in [2.45, 2.75) is 71.6 Å². The molecule has 4 aliphatic heterocycles. The van der Waals surface area contributed by atoms with E-state index in [9.17, 15) is 9.59 Å². The Balaban J connectivity index is 1.62. The Hall–Kier alpha value is -1.34. The van der Waals surface area contributed by atoms with Gasteiger partial charge < -0.3 is 15.0 Å². The molecule has 1 N–H and O–H groups in total. The summed E-state index contributed by atoms with van der Waals surface area (Å²) in [6.45, 7) is 15.1. The number of rotatable bonds is 5. The van der Waals surface area contributed by atoms with Gasteiger partial charge in [0.15, 0.2) is 0 Å². The average Bonchev–Trinajstić information content (AvgIpc) is 2.60. The van der Waals surface area contributed by atoms with Crippen molar-refractivity contribution < 1.29 is 14.3 Å². The lowest BCUT2D eigenvalue weighted by molar-refractivity contribution is -0.138. The number of fused-ring (bicyclic) bond motifs is 2. The van der Waals surface area contributed by atoms with Crippen LogP contribution in [0.5, 0.6) is 0 Å². The van der Waals surface area contributed by atoms with Crippen molar-refractivity contribution in [3.63, 3.8) is 0 Å². The zero-order chi connectivity index (χ0) is 21.4. The van der Waals surface area contributed by atoms with Crippen LogP contribution in [0, 0.1) is 11.3 Å². The second-order valence-electron chi connectivity index (χ2n) is 10.8. The number of nitrogens with one attached hydrogen (secondary N) is 1. The van der Waals surface area contributed by atoms with E-state index in [-0.39, 0.29) is 29.5 Å². The molecule has 2 atom stereocenters. The summed E-state index contributed by atoms with van der Waals surface area (Å²) in [5, 5.41) is 3.20. The van der Waals surface area contributed by atoms with E-state index in [1.165, 1.54) is 0 Å². The minimum absolute atomic E-state index is 0.193. The van der Waals surface area contributed by atoms with E-state index in [0.29, 0.717) is 5.92 Å². The molecule has 2 amide bonds. The van der Waals surface area contributed by atoms with Gasteiger partial charge in [-0.15, -0.1) is 0 Å². The highest BCUT2D eigenvalue weighted by atomic mass is 16.6. The largest absolute Gasteiger partial charge is 0.444 e. The van der Waals surface area contributed by atoms with Crippen LogP contribution >= 0.6 is 0 Å². The quantitative estimate of drug-likeness (QED) is 0.755. The van der Waals surface area contributed by atoms with Gasteiger partial charge in [-0.2, -0.15) is 0 Å². The van der Waals surface area contributed by atoms with E-state index in [1.54, 1.807) is 0 Å². The molecule has 0 aromatic rings. The predicted octanol–water partition coefficient (Wildman–Crippen LogP) is 2.16. The number of likely N-dealkylation sites (tertiary alicyclic amines) is 1.